The molecule has 0 radical (unpaired) electrons. The number of hydrogen-bond donors (Lipinski definition) is 3. The van der Waals surface area contributed by atoms with Crippen LogP contribution in [0.25, 0.3) is 0 Å². The Hall–Kier alpha value is -1.94. The van der Waals surface area contributed by atoms with Gasteiger partial charge in [0.25, 0.3) is 0 Å². The molecule has 0 aromatic carbocycles. The summed E-state index contributed by atoms with van der Waals surface area (Å²) >= 11 is 0. The number of carbonyl (C=O) groups excluding carboxylic acids is 4. The van der Waals surface area contributed by atoms with Crippen molar-refractivity contribution in [2.75, 3.05) is 39.6 Å². The second-order valence-corrected chi connectivity index (χ2v) is 27.1. The van der Waals surface area contributed by atoms with E-state index in [9.17, 15) is 43.2 Å². The summed E-state index contributed by atoms with van der Waals surface area (Å²) in [5, 5.41) is 10.5. The van der Waals surface area contributed by atoms with Gasteiger partial charge < -0.3 is 33.8 Å². The number of carbonyl (C=O) groups is 4. The normalized spacial score (nSPS) is 14.1. The van der Waals surface area contributed by atoms with Crippen molar-refractivity contribution in [2.24, 2.45) is 0 Å². The lowest BCUT2D eigenvalue weighted by Gasteiger charge is -2.21. The van der Waals surface area contributed by atoms with Crippen LogP contribution in [0.2, 0.25) is 0 Å². The Morgan fingerprint density at radius 3 is 0.686 bits per heavy atom. The van der Waals surface area contributed by atoms with Crippen LogP contribution in [-0.4, -0.2) is 96.7 Å². The van der Waals surface area contributed by atoms with Gasteiger partial charge >= 0.3 is 39.5 Å². The van der Waals surface area contributed by atoms with E-state index in [1.807, 2.05) is 0 Å². The fraction of sp³-hybridized carbons (Fsp3) is 0.940. The Balaban J connectivity index is 5.15. The van der Waals surface area contributed by atoms with Gasteiger partial charge in [0.2, 0.25) is 0 Å². The molecule has 0 amide bonds. The standard InChI is InChI=1S/C67H130O17P2/c1-5-9-13-17-20-23-26-28-30-32-34-36-39-42-46-50-54-67(72)84-63(58-78-65(70)52-48-44-40-38-35-33-31-29-27-24-21-18-14-10-6-2)60-82-86(75,76)80-56-61(68)55-79-85(73,74)81-59-62(57-77-64(69)51-47-43-16-12-8-4)83-66(71)53-49-45-41-37-25-22-19-15-11-7-3/h61-63,68H,5-60H2,1-4H3,(H,73,74)(H,75,76)/t61-,62+,63+/m0/s1. The molecule has 0 fully saturated rings. The van der Waals surface area contributed by atoms with Crippen molar-refractivity contribution in [3.8, 4) is 0 Å². The Labute approximate surface area is 524 Å². The first-order valence-corrected chi connectivity index (χ1v) is 38.3. The molecule has 510 valence electrons. The number of aliphatic hydroxyl groups is 1. The molecule has 0 heterocycles. The van der Waals surface area contributed by atoms with Crippen LogP contribution in [0.15, 0.2) is 0 Å². The van der Waals surface area contributed by atoms with Crippen molar-refractivity contribution in [2.45, 2.75) is 367 Å². The fourth-order valence-corrected chi connectivity index (χ4v) is 11.7. The van der Waals surface area contributed by atoms with Crippen LogP contribution in [0.1, 0.15) is 349 Å². The smallest absolute Gasteiger partial charge is 0.462 e. The highest BCUT2D eigenvalue weighted by Crippen LogP contribution is 2.45. The summed E-state index contributed by atoms with van der Waals surface area (Å²) in [4.78, 5) is 72.1. The zero-order chi connectivity index (χ0) is 63.3. The van der Waals surface area contributed by atoms with E-state index in [-0.39, 0.29) is 25.7 Å². The third-order valence-corrected chi connectivity index (χ3v) is 17.5. The summed E-state index contributed by atoms with van der Waals surface area (Å²) in [6.07, 6.45) is 48.9. The van der Waals surface area contributed by atoms with E-state index in [4.69, 9.17) is 37.0 Å². The topological polar surface area (TPSA) is 237 Å². The third-order valence-electron chi connectivity index (χ3n) is 15.6. The zero-order valence-corrected chi connectivity index (χ0v) is 57.1. The van der Waals surface area contributed by atoms with Gasteiger partial charge in [0, 0.05) is 25.7 Å². The average Bonchev–Trinajstić information content (AvgIpc) is 3.70. The van der Waals surface area contributed by atoms with Crippen molar-refractivity contribution in [3.63, 3.8) is 0 Å². The Bertz CT molecular complexity index is 1650. The summed E-state index contributed by atoms with van der Waals surface area (Å²) in [7, 11) is -9.88. The van der Waals surface area contributed by atoms with Crippen LogP contribution in [-0.2, 0) is 65.4 Å². The lowest BCUT2D eigenvalue weighted by atomic mass is 10.0. The molecule has 19 heteroatoms. The lowest BCUT2D eigenvalue weighted by molar-refractivity contribution is -0.161. The molecule has 0 aliphatic carbocycles. The third kappa shape index (κ3) is 60.9. The second kappa shape index (κ2) is 61.9. The Morgan fingerprint density at radius 2 is 0.465 bits per heavy atom. The average molecular weight is 1270 g/mol. The monoisotopic (exact) mass is 1270 g/mol. The molecule has 3 N–H and O–H groups in total. The van der Waals surface area contributed by atoms with Crippen molar-refractivity contribution in [1.82, 2.24) is 0 Å². The first-order valence-electron chi connectivity index (χ1n) is 35.3. The van der Waals surface area contributed by atoms with Gasteiger partial charge in [-0.25, -0.2) is 9.13 Å². The number of ether oxygens (including phenoxy) is 4. The molecule has 17 nitrogen and oxygen atoms in total. The molecule has 0 bridgehead atoms. The summed E-state index contributed by atoms with van der Waals surface area (Å²) in [5.74, 6) is -2.14. The van der Waals surface area contributed by atoms with Crippen LogP contribution in [0.4, 0.5) is 0 Å². The van der Waals surface area contributed by atoms with E-state index in [0.29, 0.717) is 25.7 Å². The minimum atomic E-state index is -4.95. The van der Waals surface area contributed by atoms with Gasteiger partial charge in [0.15, 0.2) is 12.2 Å². The number of rotatable bonds is 68. The minimum absolute atomic E-state index is 0.106. The van der Waals surface area contributed by atoms with Crippen molar-refractivity contribution >= 4 is 39.5 Å². The molecular weight excluding hydrogens is 1140 g/mol. The Kier molecular flexibility index (Phi) is 60.5. The van der Waals surface area contributed by atoms with Crippen LogP contribution in [0.5, 0.6) is 0 Å². The minimum Gasteiger partial charge on any atom is -0.462 e. The molecule has 0 aromatic rings. The van der Waals surface area contributed by atoms with E-state index >= 15 is 0 Å². The van der Waals surface area contributed by atoms with Crippen LogP contribution in [0.3, 0.4) is 0 Å². The number of phosphoric acid groups is 2. The number of unbranched alkanes of at least 4 members (excludes halogenated alkanes) is 42. The largest absolute Gasteiger partial charge is 0.472 e. The molecule has 5 atom stereocenters. The zero-order valence-electron chi connectivity index (χ0n) is 55.3. The maximum absolute atomic E-state index is 13.0. The van der Waals surface area contributed by atoms with Crippen LogP contribution < -0.4 is 0 Å². The van der Waals surface area contributed by atoms with Gasteiger partial charge in [-0.05, 0) is 25.7 Å². The SMILES string of the molecule is CCCCCCCCCCCCCCCCCCC(=O)O[C@H](COC(=O)CCCCCCCCCCCCCCCCC)COP(=O)(O)OC[C@@H](O)COP(=O)(O)OC[C@@H](COC(=O)CCCCCCC)OC(=O)CCCCCCCCCCCC. The Morgan fingerprint density at radius 1 is 0.279 bits per heavy atom. The van der Waals surface area contributed by atoms with E-state index in [1.165, 1.54) is 173 Å². The van der Waals surface area contributed by atoms with Crippen molar-refractivity contribution < 1.29 is 80.2 Å². The molecule has 0 rings (SSSR count). The lowest BCUT2D eigenvalue weighted by Crippen LogP contribution is -2.30. The molecule has 0 aliphatic rings. The first kappa shape index (κ1) is 84.1. The van der Waals surface area contributed by atoms with Crippen molar-refractivity contribution in [1.29, 1.82) is 0 Å². The summed E-state index contributed by atoms with van der Waals surface area (Å²) in [6.45, 7) is 4.83. The highest BCUT2D eigenvalue weighted by Gasteiger charge is 2.30. The molecule has 0 aliphatic heterocycles. The predicted octanol–water partition coefficient (Wildman–Crippen LogP) is 19.1. The number of aliphatic hydroxyl groups excluding tert-OH is 1. The summed E-state index contributed by atoms with van der Waals surface area (Å²) < 4.78 is 67.9. The van der Waals surface area contributed by atoms with Gasteiger partial charge in [0.1, 0.15) is 19.3 Å². The van der Waals surface area contributed by atoms with E-state index in [0.717, 1.165) is 96.3 Å². The first-order chi connectivity index (χ1) is 41.7. The quantitative estimate of drug-likeness (QED) is 0.0222. The molecule has 0 aromatic heterocycles. The van der Waals surface area contributed by atoms with Crippen LogP contribution >= 0.6 is 15.6 Å². The van der Waals surface area contributed by atoms with Crippen LogP contribution in [0, 0.1) is 0 Å². The van der Waals surface area contributed by atoms with Gasteiger partial charge in [-0.2, -0.15) is 0 Å². The number of hydrogen-bond acceptors (Lipinski definition) is 15. The molecular formula is C67H130O17P2. The van der Waals surface area contributed by atoms with Gasteiger partial charge in [-0.1, -0.05) is 297 Å². The van der Waals surface area contributed by atoms with E-state index < -0.39 is 97.5 Å². The fourth-order valence-electron chi connectivity index (χ4n) is 10.2. The highest BCUT2D eigenvalue weighted by molar-refractivity contribution is 7.47. The molecule has 0 saturated carbocycles. The van der Waals surface area contributed by atoms with E-state index in [2.05, 4.69) is 27.7 Å². The van der Waals surface area contributed by atoms with Gasteiger partial charge in [-0.3, -0.25) is 37.3 Å². The number of phosphoric ester groups is 2. The maximum Gasteiger partial charge on any atom is 0.472 e. The molecule has 2 unspecified atom stereocenters. The molecule has 0 spiro atoms. The molecule has 0 saturated heterocycles. The van der Waals surface area contributed by atoms with Gasteiger partial charge in [-0.15, -0.1) is 0 Å². The molecule has 86 heavy (non-hydrogen) atoms. The van der Waals surface area contributed by atoms with Gasteiger partial charge in [0.05, 0.1) is 26.4 Å². The highest BCUT2D eigenvalue weighted by atomic mass is 31.2. The second-order valence-electron chi connectivity index (χ2n) is 24.2. The van der Waals surface area contributed by atoms with E-state index in [1.54, 1.807) is 0 Å². The van der Waals surface area contributed by atoms with Crippen molar-refractivity contribution in [3.05, 3.63) is 0 Å². The predicted molar refractivity (Wildman–Crippen MR) is 345 cm³/mol. The summed E-state index contributed by atoms with van der Waals surface area (Å²) in [5.41, 5.74) is 0. The summed E-state index contributed by atoms with van der Waals surface area (Å²) in [6, 6.07) is 0. The maximum atomic E-state index is 13.0. The number of esters is 4.